The van der Waals surface area contributed by atoms with E-state index in [1.165, 1.54) is 23.5 Å². The van der Waals surface area contributed by atoms with E-state index in [0.29, 0.717) is 10.2 Å². The van der Waals surface area contributed by atoms with E-state index in [4.69, 9.17) is 27.6 Å². The number of rotatable bonds is 4. The Bertz CT molecular complexity index is 984. The van der Waals surface area contributed by atoms with Gasteiger partial charge in [-0.15, -0.1) is 10.2 Å². The zero-order valence-corrected chi connectivity index (χ0v) is 14.8. The molecule has 0 aliphatic carbocycles. The van der Waals surface area contributed by atoms with Gasteiger partial charge in [0.2, 0.25) is 5.13 Å². The molecule has 1 amide bonds. The summed E-state index contributed by atoms with van der Waals surface area (Å²) in [5.41, 5.74) is -0.294. The second kappa shape index (κ2) is 6.88. The van der Waals surface area contributed by atoms with E-state index in [2.05, 4.69) is 15.5 Å². The zero-order valence-electron chi connectivity index (χ0n) is 12.4. The molecule has 3 aromatic rings. The van der Waals surface area contributed by atoms with Gasteiger partial charge < -0.3 is 4.42 Å². The maximum atomic E-state index is 12.3. The molecule has 24 heavy (non-hydrogen) atoms. The van der Waals surface area contributed by atoms with Gasteiger partial charge in [0, 0.05) is 17.5 Å². The highest BCUT2D eigenvalue weighted by molar-refractivity contribution is 7.15. The van der Waals surface area contributed by atoms with Gasteiger partial charge in [-0.2, -0.15) is 0 Å². The Morgan fingerprint density at radius 2 is 2.08 bits per heavy atom. The van der Waals surface area contributed by atoms with Crippen LogP contribution in [0.3, 0.4) is 0 Å². The summed E-state index contributed by atoms with van der Waals surface area (Å²) in [5, 5.41) is 12.3. The number of nitrogens with zero attached hydrogens (tertiary/aromatic N) is 2. The van der Waals surface area contributed by atoms with Crippen molar-refractivity contribution >= 4 is 56.5 Å². The van der Waals surface area contributed by atoms with Crippen molar-refractivity contribution in [3.63, 3.8) is 0 Å². The fourth-order valence-corrected chi connectivity index (χ4v) is 3.44. The molecule has 1 aromatic carbocycles. The maximum absolute atomic E-state index is 12.3. The van der Waals surface area contributed by atoms with Gasteiger partial charge in [-0.05, 0) is 18.6 Å². The third-order valence-electron chi connectivity index (χ3n) is 3.12. The summed E-state index contributed by atoms with van der Waals surface area (Å²) in [6.45, 7) is 2.03. The first-order valence-electron chi connectivity index (χ1n) is 7.04. The largest absolute Gasteiger partial charge is 0.449 e. The van der Waals surface area contributed by atoms with E-state index >= 15 is 0 Å². The molecular weight excluding hydrogens is 373 g/mol. The second-order valence-electron chi connectivity index (χ2n) is 4.94. The zero-order chi connectivity index (χ0) is 17.3. The van der Waals surface area contributed by atoms with Crippen LogP contribution in [0.1, 0.15) is 28.9 Å². The maximum Gasteiger partial charge on any atom is 0.293 e. The van der Waals surface area contributed by atoms with Crippen molar-refractivity contribution in [2.45, 2.75) is 19.8 Å². The first-order chi connectivity index (χ1) is 11.5. The van der Waals surface area contributed by atoms with Crippen LogP contribution in [0.25, 0.3) is 11.0 Å². The molecule has 6 nitrogen and oxygen atoms in total. The molecule has 0 spiro atoms. The van der Waals surface area contributed by atoms with Crippen LogP contribution in [-0.4, -0.2) is 16.1 Å². The van der Waals surface area contributed by atoms with Crippen LogP contribution >= 0.6 is 34.5 Å². The molecule has 1 N–H and O–H groups in total. The standard InChI is InChI=1S/C15H11Cl2N3O3S/c1-2-3-12-19-20-15(24-12)18-14(22)11-6-10(21)8-4-7(16)5-9(17)13(8)23-11/h4-6H,2-3H2,1H3,(H,18,20,22). The SMILES string of the molecule is CCCc1nnc(NC(=O)c2cc(=O)c3cc(Cl)cc(Cl)c3o2)s1. The minimum atomic E-state index is -0.598. The first-order valence-corrected chi connectivity index (χ1v) is 8.62. The first kappa shape index (κ1) is 16.9. The minimum Gasteiger partial charge on any atom is -0.449 e. The number of hydrogen-bond acceptors (Lipinski definition) is 6. The van der Waals surface area contributed by atoms with Gasteiger partial charge in [0.15, 0.2) is 16.8 Å². The van der Waals surface area contributed by atoms with Gasteiger partial charge in [0.05, 0.1) is 10.4 Å². The average molecular weight is 384 g/mol. The molecular formula is C15H11Cl2N3O3S. The number of anilines is 1. The van der Waals surface area contributed by atoms with Gasteiger partial charge in [-0.25, -0.2) is 0 Å². The van der Waals surface area contributed by atoms with Crippen molar-refractivity contribution in [1.82, 2.24) is 10.2 Å². The van der Waals surface area contributed by atoms with Crippen molar-refractivity contribution in [2.75, 3.05) is 5.32 Å². The average Bonchev–Trinajstić information content (AvgIpc) is 2.95. The third-order valence-corrected chi connectivity index (χ3v) is 4.52. The molecule has 0 aliphatic heterocycles. The quantitative estimate of drug-likeness (QED) is 0.730. The van der Waals surface area contributed by atoms with Crippen molar-refractivity contribution in [3.05, 3.63) is 49.2 Å². The summed E-state index contributed by atoms with van der Waals surface area (Å²) in [6, 6.07) is 3.98. The number of aryl methyl sites for hydroxylation is 1. The van der Waals surface area contributed by atoms with E-state index < -0.39 is 11.3 Å². The molecule has 124 valence electrons. The Morgan fingerprint density at radius 3 is 2.83 bits per heavy atom. The molecule has 3 rings (SSSR count). The molecule has 0 atom stereocenters. The molecule has 0 saturated carbocycles. The highest BCUT2D eigenvalue weighted by Crippen LogP contribution is 2.27. The Hall–Kier alpha value is -1.96. The van der Waals surface area contributed by atoms with Crippen LogP contribution in [-0.2, 0) is 6.42 Å². The molecule has 0 aliphatic rings. The summed E-state index contributed by atoms with van der Waals surface area (Å²) in [4.78, 5) is 24.4. The lowest BCUT2D eigenvalue weighted by molar-refractivity contribution is 0.0997. The summed E-state index contributed by atoms with van der Waals surface area (Å²) in [6.07, 6.45) is 1.72. The van der Waals surface area contributed by atoms with Crippen LogP contribution in [0.4, 0.5) is 5.13 Å². The number of benzene rings is 1. The summed E-state index contributed by atoms with van der Waals surface area (Å²) < 4.78 is 5.47. The highest BCUT2D eigenvalue weighted by atomic mass is 35.5. The highest BCUT2D eigenvalue weighted by Gasteiger charge is 2.16. The number of nitrogens with one attached hydrogen (secondary N) is 1. The van der Waals surface area contributed by atoms with Gasteiger partial charge >= 0.3 is 0 Å². The topological polar surface area (TPSA) is 85.1 Å². The Balaban J connectivity index is 1.93. The lowest BCUT2D eigenvalue weighted by Crippen LogP contribution is -2.15. The monoisotopic (exact) mass is 383 g/mol. The Kier molecular flexibility index (Phi) is 4.84. The number of halogens is 2. The van der Waals surface area contributed by atoms with Crippen molar-refractivity contribution in [3.8, 4) is 0 Å². The van der Waals surface area contributed by atoms with E-state index in [1.807, 2.05) is 6.92 Å². The van der Waals surface area contributed by atoms with Crippen LogP contribution in [0.5, 0.6) is 0 Å². The van der Waals surface area contributed by atoms with E-state index in [9.17, 15) is 9.59 Å². The number of carbonyl (C=O) groups is 1. The Labute approximate surface area is 150 Å². The molecule has 0 unspecified atom stereocenters. The fraction of sp³-hybridized carbons (Fsp3) is 0.200. The minimum absolute atomic E-state index is 0.114. The van der Waals surface area contributed by atoms with E-state index in [-0.39, 0.29) is 21.8 Å². The third kappa shape index (κ3) is 3.43. The van der Waals surface area contributed by atoms with E-state index in [0.717, 1.165) is 23.9 Å². The van der Waals surface area contributed by atoms with Crippen molar-refractivity contribution in [2.24, 2.45) is 0 Å². The summed E-state index contributed by atoms with van der Waals surface area (Å²) in [5.74, 6) is -0.761. The summed E-state index contributed by atoms with van der Waals surface area (Å²) >= 11 is 13.2. The molecule has 0 saturated heterocycles. The smallest absolute Gasteiger partial charge is 0.293 e. The predicted molar refractivity (Wildman–Crippen MR) is 94.4 cm³/mol. The van der Waals surface area contributed by atoms with Gasteiger partial charge in [0.1, 0.15) is 5.01 Å². The van der Waals surface area contributed by atoms with Crippen LogP contribution < -0.4 is 10.7 Å². The van der Waals surface area contributed by atoms with Gasteiger partial charge in [-0.1, -0.05) is 41.5 Å². The molecule has 0 radical (unpaired) electrons. The lowest BCUT2D eigenvalue weighted by Gasteiger charge is -2.04. The Morgan fingerprint density at radius 1 is 1.29 bits per heavy atom. The molecule has 2 heterocycles. The van der Waals surface area contributed by atoms with E-state index in [1.54, 1.807) is 0 Å². The number of hydrogen-bond donors (Lipinski definition) is 1. The van der Waals surface area contributed by atoms with Crippen LogP contribution in [0, 0.1) is 0 Å². The van der Waals surface area contributed by atoms with Crippen molar-refractivity contribution in [1.29, 1.82) is 0 Å². The van der Waals surface area contributed by atoms with Crippen LogP contribution in [0.15, 0.2) is 27.4 Å². The van der Waals surface area contributed by atoms with Crippen molar-refractivity contribution < 1.29 is 9.21 Å². The second-order valence-corrected chi connectivity index (χ2v) is 6.85. The lowest BCUT2D eigenvalue weighted by atomic mass is 10.2. The van der Waals surface area contributed by atoms with Gasteiger partial charge in [0.25, 0.3) is 5.91 Å². The molecule has 0 fully saturated rings. The molecule has 9 heteroatoms. The molecule has 2 aromatic heterocycles. The molecule has 0 bridgehead atoms. The van der Waals surface area contributed by atoms with Gasteiger partial charge in [-0.3, -0.25) is 14.9 Å². The number of aromatic nitrogens is 2. The summed E-state index contributed by atoms with van der Waals surface area (Å²) in [7, 11) is 0. The number of amides is 1. The van der Waals surface area contributed by atoms with Crippen LogP contribution in [0.2, 0.25) is 10.0 Å². The number of carbonyl (C=O) groups excluding carboxylic acids is 1. The number of fused-ring (bicyclic) bond motifs is 1. The normalized spacial score (nSPS) is 11.0. The fourth-order valence-electron chi connectivity index (χ4n) is 2.07. The predicted octanol–water partition coefficient (Wildman–Crippen LogP) is 4.16.